The van der Waals surface area contributed by atoms with Gasteiger partial charge in [-0.1, -0.05) is 70.1 Å². The molecule has 0 fully saturated rings. The number of unbranched alkanes of at least 4 members (excludes halogenated alkanes) is 7. The summed E-state index contributed by atoms with van der Waals surface area (Å²) in [5.74, 6) is -0.253. The molecule has 0 heterocycles. The SMILES string of the molecule is CCCCCCCCC[CH]c1ccccc1C(=O)OC. The molecular formula is C18H27O2. The van der Waals surface area contributed by atoms with Gasteiger partial charge in [0.15, 0.2) is 0 Å². The molecule has 0 aliphatic carbocycles. The second-order valence-corrected chi connectivity index (χ2v) is 5.19. The molecule has 0 aliphatic rings. The van der Waals surface area contributed by atoms with E-state index in [1.54, 1.807) is 0 Å². The van der Waals surface area contributed by atoms with Crippen LogP contribution < -0.4 is 0 Å². The van der Waals surface area contributed by atoms with Crippen molar-refractivity contribution in [3.05, 3.63) is 41.8 Å². The van der Waals surface area contributed by atoms with Crippen LogP contribution in [-0.2, 0) is 4.74 Å². The van der Waals surface area contributed by atoms with Crippen LogP contribution in [0.15, 0.2) is 24.3 Å². The molecule has 1 aromatic carbocycles. The Morgan fingerprint density at radius 2 is 1.70 bits per heavy atom. The molecule has 2 heteroatoms. The van der Waals surface area contributed by atoms with Crippen LogP contribution in [0.3, 0.4) is 0 Å². The molecule has 0 aromatic heterocycles. The van der Waals surface area contributed by atoms with E-state index >= 15 is 0 Å². The van der Waals surface area contributed by atoms with Gasteiger partial charge in [0.1, 0.15) is 0 Å². The summed E-state index contributed by atoms with van der Waals surface area (Å²) in [5.41, 5.74) is 1.66. The molecule has 111 valence electrons. The number of carbonyl (C=O) groups excluding carboxylic acids is 1. The fourth-order valence-corrected chi connectivity index (χ4v) is 2.33. The van der Waals surface area contributed by atoms with Gasteiger partial charge in [-0.15, -0.1) is 0 Å². The lowest BCUT2D eigenvalue weighted by Crippen LogP contribution is -2.04. The average Bonchev–Trinajstić information content (AvgIpc) is 2.49. The Balaban J connectivity index is 2.23. The van der Waals surface area contributed by atoms with E-state index in [2.05, 4.69) is 13.3 Å². The molecule has 0 aliphatic heterocycles. The number of methoxy groups -OCH3 is 1. The molecule has 1 aromatic rings. The molecule has 2 nitrogen and oxygen atoms in total. The van der Waals surface area contributed by atoms with Crippen LogP contribution in [0, 0.1) is 6.42 Å². The molecule has 20 heavy (non-hydrogen) atoms. The monoisotopic (exact) mass is 275 g/mol. The van der Waals surface area contributed by atoms with Crippen LogP contribution in [0.1, 0.15) is 74.2 Å². The first kappa shape index (κ1) is 16.7. The third kappa shape index (κ3) is 6.23. The van der Waals surface area contributed by atoms with E-state index in [1.165, 1.54) is 52.1 Å². The smallest absolute Gasteiger partial charge is 0.338 e. The minimum atomic E-state index is -0.253. The molecule has 1 radical (unpaired) electrons. The third-order valence-electron chi connectivity index (χ3n) is 3.54. The first-order chi connectivity index (χ1) is 9.79. The molecule has 1 rings (SSSR count). The number of carbonyl (C=O) groups is 1. The van der Waals surface area contributed by atoms with Gasteiger partial charge in [-0.25, -0.2) is 4.79 Å². The molecule has 0 saturated heterocycles. The Hall–Kier alpha value is -1.31. The van der Waals surface area contributed by atoms with Crippen molar-refractivity contribution in [3.8, 4) is 0 Å². The molecule has 0 saturated carbocycles. The van der Waals surface area contributed by atoms with Gasteiger partial charge in [0, 0.05) is 0 Å². The van der Waals surface area contributed by atoms with Gasteiger partial charge in [0.25, 0.3) is 0 Å². The van der Waals surface area contributed by atoms with Gasteiger partial charge >= 0.3 is 5.97 Å². The lowest BCUT2D eigenvalue weighted by Gasteiger charge is -2.07. The molecule has 0 atom stereocenters. The van der Waals surface area contributed by atoms with Crippen LogP contribution >= 0.6 is 0 Å². The average molecular weight is 275 g/mol. The summed E-state index contributed by atoms with van der Waals surface area (Å²) in [6, 6.07) is 7.64. The van der Waals surface area contributed by atoms with E-state index in [-0.39, 0.29) is 5.97 Å². The Labute approximate surface area is 123 Å². The van der Waals surface area contributed by atoms with E-state index < -0.39 is 0 Å². The largest absolute Gasteiger partial charge is 0.465 e. The Kier molecular flexibility index (Phi) is 8.77. The molecule has 0 amide bonds. The van der Waals surface area contributed by atoms with Crippen LogP contribution in [0.4, 0.5) is 0 Å². The first-order valence-electron chi connectivity index (χ1n) is 7.80. The van der Waals surface area contributed by atoms with Crippen LogP contribution in [0.25, 0.3) is 0 Å². The summed E-state index contributed by atoms with van der Waals surface area (Å²) in [6.07, 6.45) is 12.4. The molecule has 0 N–H and O–H groups in total. The fraction of sp³-hybridized carbons (Fsp3) is 0.556. The highest BCUT2D eigenvalue weighted by atomic mass is 16.5. The van der Waals surface area contributed by atoms with Gasteiger partial charge in [-0.05, 0) is 24.5 Å². The van der Waals surface area contributed by atoms with Crippen molar-refractivity contribution in [2.45, 2.75) is 58.3 Å². The van der Waals surface area contributed by atoms with E-state index in [1.807, 2.05) is 24.3 Å². The highest BCUT2D eigenvalue weighted by Crippen LogP contribution is 2.16. The van der Waals surface area contributed by atoms with Gasteiger partial charge in [-0.3, -0.25) is 0 Å². The maximum Gasteiger partial charge on any atom is 0.338 e. The van der Waals surface area contributed by atoms with Crippen molar-refractivity contribution < 1.29 is 9.53 Å². The lowest BCUT2D eigenvalue weighted by molar-refractivity contribution is 0.0600. The van der Waals surface area contributed by atoms with Crippen molar-refractivity contribution in [3.63, 3.8) is 0 Å². The number of hydrogen-bond donors (Lipinski definition) is 0. The molecule has 0 bridgehead atoms. The highest BCUT2D eigenvalue weighted by Gasteiger charge is 2.10. The number of esters is 1. The first-order valence-corrected chi connectivity index (χ1v) is 7.80. The van der Waals surface area contributed by atoms with E-state index in [4.69, 9.17) is 4.74 Å². The van der Waals surface area contributed by atoms with Gasteiger partial charge in [0.2, 0.25) is 0 Å². The maximum atomic E-state index is 11.6. The second-order valence-electron chi connectivity index (χ2n) is 5.19. The standard InChI is InChI=1S/C18H27O2/c1-3-4-5-6-7-8-9-10-13-16-14-11-12-15-17(16)18(19)20-2/h11-15H,3-10H2,1-2H3. The van der Waals surface area contributed by atoms with Gasteiger partial charge in [0.05, 0.1) is 12.7 Å². The van der Waals surface area contributed by atoms with Gasteiger partial charge < -0.3 is 4.74 Å². The van der Waals surface area contributed by atoms with Crippen molar-refractivity contribution in [1.29, 1.82) is 0 Å². The summed E-state index contributed by atoms with van der Waals surface area (Å²) in [6.45, 7) is 2.24. The summed E-state index contributed by atoms with van der Waals surface area (Å²) < 4.78 is 4.80. The van der Waals surface area contributed by atoms with Crippen molar-refractivity contribution >= 4 is 5.97 Å². The van der Waals surface area contributed by atoms with Crippen molar-refractivity contribution in [1.82, 2.24) is 0 Å². The summed E-state index contributed by atoms with van der Waals surface area (Å²) in [4.78, 5) is 11.6. The van der Waals surface area contributed by atoms with Gasteiger partial charge in [-0.2, -0.15) is 0 Å². The zero-order chi connectivity index (χ0) is 14.6. The number of ether oxygens (including phenoxy) is 1. The fourth-order valence-electron chi connectivity index (χ4n) is 2.33. The lowest BCUT2D eigenvalue weighted by atomic mass is 10.0. The Morgan fingerprint density at radius 1 is 1.05 bits per heavy atom. The highest BCUT2D eigenvalue weighted by molar-refractivity contribution is 5.91. The number of hydrogen-bond acceptors (Lipinski definition) is 2. The minimum Gasteiger partial charge on any atom is -0.465 e. The summed E-state index contributed by atoms with van der Waals surface area (Å²) >= 11 is 0. The Morgan fingerprint density at radius 3 is 2.40 bits per heavy atom. The van der Waals surface area contributed by atoms with Crippen molar-refractivity contribution in [2.24, 2.45) is 0 Å². The van der Waals surface area contributed by atoms with E-state index in [0.29, 0.717) is 5.56 Å². The summed E-state index contributed by atoms with van der Waals surface area (Å²) in [5, 5.41) is 0. The zero-order valence-corrected chi connectivity index (χ0v) is 12.9. The maximum absolute atomic E-state index is 11.6. The molecule has 0 spiro atoms. The van der Waals surface area contributed by atoms with E-state index in [0.717, 1.165) is 12.0 Å². The minimum absolute atomic E-state index is 0.253. The third-order valence-corrected chi connectivity index (χ3v) is 3.54. The quantitative estimate of drug-likeness (QED) is 0.435. The summed E-state index contributed by atoms with van der Waals surface area (Å²) in [7, 11) is 1.43. The molecule has 0 unspecified atom stereocenters. The van der Waals surface area contributed by atoms with Crippen LogP contribution in [0.2, 0.25) is 0 Å². The predicted octanol–water partition coefficient (Wildman–Crippen LogP) is 5.17. The zero-order valence-electron chi connectivity index (χ0n) is 12.9. The topological polar surface area (TPSA) is 26.3 Å². The van der Waals surface area contributed by atoms with Crippen LogP contribution in [-0.4, -0.2) is 13.1 Å². The van der Waals surface area contributed by atoms with Crippen LogP contribution in [0.5, 0.6) is 0 Å². The second kappa shape index (κ2) is 10.5. The normalized spacial score (nSPS) is 10.5. The van der Waals surface area contributed by atoms with Crippen molar-refractivity contribution in [2.75, 3.05) is 7.11 Å². The number of rotatable bonds is 10. The Bertz CT molecular complexity index is 385. The van der Waals surface area contributed by atoms with E-state index in [9.17, 15) is 4.79 Å². The number of benzene rings is 1. The predicted molar refractivity (Wildman–Crippen MR) is 83.8 cm³/mol. The molecular weight excluding hydrogens is 248 g/mol.